The molecule has 1 saturated carbocycles. The van der Waals surface area contributed by atoms with Crippen molar-refractivity contribution in [1.29, 1.82) is 0 Å². The predicted octanol–water partition coefficient (Wildman–Crippen LogP) is 3.07. The number of rotatable bonds is 5. The summed E-state index contributed by atoms with van der Waals surface area (Å²) in [6, 6.07) is 6.14. The molecule has 1 aliphatic carbocycles. The average Bonchev–Trinajstić information content (AvgIpc) is 2.91. The van der Waals surface area contributed by atoms with Crippen molar-refractivity contribution in [3.8, 4) is 11.5 Å². The van der Waals surface area contributed by atoms with E-state index in [-0.39, 0.29) is 5.75 Å². The van der Waals surface area contributed by atoms with Gasteiger partial charge < -0.3 is 15.2 Å². The zero-order valence-electron chi connectivity index (χ0n) is 11.3. The van der Waals surface area contributed by atoms with E-state index in [9.17, 15) is 5.11 Å². The van der Waals surface area contributed by atoms with Crippen LogP contribution in [0.15, 0.2) is 18.2 Å². The molecular weight excluding hydrogens is 226 g/mol. The van der Waals surface area contributed by atoms with Crippen molar-refractivity contribution in [3.63, 3.8) is 0 Å². The second-order valence-electron chi connectivity index (χ2n) is 5.18. The van der Waals surface area contributed by atoms with E-state index in [2.05, 4.69) is 12.2 Å². The summed E-state index contributed by atoms with van der Waals surface area (Å²) in [7, 11) is 1.58. The molecule has 18 heavy (non-hydrogen) atoms. The average molecular weight is 249 g/mol. The lowest BCUT2D eigenvalue weighted by Gasteiger charge is -2.21. The molecule has 1 aromatic rings. The fourth-order valence-corrected chi connectivity index (χ4v) is 2.77. The Hall–Kier alpha value is -1.22. The maximum atomic E-state index is 10.0. The SMILES string of the molecule is COc1cccc(CNC(C)C2CCCC2)c1O. The lowest BCUT2D eigenvalue weighted by atomic mass is 9.99. The monoisotopic (exact) mass is 249 g/mol. The van der Waals surface area contributed by atoms with E-state index in [1.165, 1.54) is 25.7 Å². The third-order valence-electron chi connectivity index (χ3n) is 4.02. The summed E-state index contributed by atoms with van der Waals surface area (Å²) in [5.41, 5.74) is 0.902. The molecule has 0 heterocycles. The Labute approximate surface area is 109 Å². The highest BCUT2D eigenvalue weighted by atomic mass is 16.5. The van der Waals surface area contributed by atoms with Crippen LogP contribution < -0.4 is 10.1 Å². The third kappa shape index (κ3) is 2.96. The standard InChI is InChI=1S/C15H23NO2/c1-11(12-6-3-4-7-12)16-10-13-8-5-9-14(18-2)15(13)17/h5,8-9,11-12,16-17H,3-4,6-7,10H2,1-2H3. The van der Waals surface area contributed by atoms with E-state index in [0.29, 0.717) is 18.3 Å². The first-order valence-electron chi connectivity index (χ1n) is 6.80. The molecular formula is C15H23NO2. The second-order valence-corrected chi connectivity index (χ2v) is 5.18. The van der Waals surface area contributed by atoms with Crippen LogP contribution in [0.1, 0.15) is 38.2 Å². The zero-order valence-corrected chi connectivity index (χ0v) is 11.3. The normalized spacial score (nSPS) is 17.9. The van der Waals surface area contributed by atoms with E-state index in [1.54, 1.807) is 13.2 Å². The Morgan fingerprint density at radius 2 is 2.11 bits per heavy atom. The van der Waals surface area contributed by atoms with Gasteiger partial charge in [0.05, 0.1) is 7.11 Å². The summed E-state index contributed by atoms with van der Waals surface area (Å²) in [5.74, 6) is 1.59. The molecule has 0 spiro atoms. The number of phenols is 1. The van der Waals surface area contributed by atoms with E-state index >= 15 is 0 Å². The number of ether oxygens (including phenoxy) is 1. The van der Waals surface area contributed by atoms with Gasteiger partial charge in [-0.3, -0.25) is 0 Å². The largest absolute Gasteiger partial charge is 0.504 e. The number of hydrogen-bond acceptors (Lipinski definition) is 3. The fraction of sp³-hybridized carbons (Fsp3) is 0.600. The van der Waals surface area contributed by atoms with Crippen LogP contribution in [0.2, 0.25) is 0 Å². The van der Waals surface area contributed by atoms with Gasteiger partial charge in [0.2, 0.25) is 0 Å². The molecule has 3 nitrogen and oxygen atoms in total. The molecule has 0 radical (unpaired) electrons. The number of phenolic OH excluding ortho intramolecular Hbond substituents is 1. The van der Waals surface area contributed by atoms with Gasteiger partial charge in [0.25, 0.3) is 0 Å². The Morgan fingerprint density at radius 1 is 1.39 bits per heavy atom. The first kappa shape index (κ1) is 13.2. The number of methoxy groups -OCH3 is 1. The molecule has 0 aliphatic heterocycles. The summed E-state index contributed by atoms with van der Waals surface area (Å²) in [5, 5.41) is 13.5. The quantitative estimate of drug-likeness (QED) is 0.842. The zero-order chi connectivity index (χ0) is 13.0. The van der Waals surface area contributed by atoms with Crippen LogP contribution in [0.4, 0.5) is 0 Å². The van der Waals surface area contributed by atoms with Crippen molar-refractivity contribution >= 4 is 0 Å². The van der Waals surface area contributed by atoms with Gasteiger partial charge in [-0.15, -0.1) is 0 Å². The Bertz CT molecular complexity index is 386. The highest BCUT2D eigenvalue weighted by Crippen LogP contribution is 2.30. The van der Waals surface area contributed by atoms with E-state index in [0.717, 1.165) is 11.5 Å². The summed E-state index contributed by atoms with van der Waals surface area (Å²) in [4.78, 5) is 0. The van der Waals surface area contributed by atoms with Gasteiger partial charge >= 0.3 is 0 Å². The Balaban J connectivity index is 1.93. The van der Waals surface area contributed by atoms with Gasteiger partial charge in [-0.2, -0.15) is 0 Å². The van der Waals surface area contributed by atoms with E-state index in [1.807, 2.05) is 12.1 Å². The van der Waals surface area contributed by atoms with Crippen molar-refractivity contribution in [2.45, 2.75) is 45.2 Å². The van der Waals surface area contributed by atoms with Crippen LogP contribution in [-0.2, 0) is 6.54 Å². The highest BCUT2D eigenvalue weighted by Gasteiger charge is 2.21. The van der Waals surface area contributed by atoms with Crippen molar-refractivity contribution in [2.24, 2.45) is 5.92 Å². The number of para-hydroxylation sites is 1. The summed E-state index contributed by atoms with van der Waals surface area (Å²) in [6.45, 7) is 2.94. The summed E-state index contributed by atoms with van der Waals surface area (Å²) in [6.07, 6.45) is 5.39. The molecule has 1 unspecified atom stereocenters. The number of benzene rings is 1. The molecule has 0 amide bonds. The molecule has 1 atom stereocenters. The lowest BCUT2D eigenvalue weighted by molar-refractivity contribution is 0.359. The molecule has 2 N–H and O–H groups in total. The smallest absolute Gasteiger partial charge is 0.162 e. The molecule has 0 aromatic heterocycles. The second kappa shape index (κ2) is 6.10. The minimum atomic E-state index is 0.256. The molecule has 2 rings (SSSR count). The third-order valence-corrected chi connectivity index (χ3v) is 4.02. The molecule has 0 saturated heterocycles. The number of hydrogen-bond donors (Lipinski definition) is 2. The maximum Gasteiger partial charge on any atom is 0.162 e. The molecule has 100 valence electrons. The van der Waals surface area contributed by atoms with Gasteiger partial charge in [-0.1, -0.05) is 25.0 Å². The van der Waals surface area contributed by atoms with Crippen molar-refractivity contribution < 1.29 is 9.84 Å². The minimum Gasteiger partial charge on any atom is -0.504 e. The van der Waals surface area contributed by atoms with Crippen molar-refractivity contribution in [1.82, 2.24) is 5.32 Å². The van der Waals surface area contributed by atoms with Crippen LogP contribution in [0.3, 0.4) is 0 Å². The fourth-order valence-electron chi connectivity index (χ4n) is 2.77. The lowest BCUT2D eigenvalue weighted by Crippen LogP contribution is -2.31. The molecule has 1 aliphatic rings. The van der Waals surface area contributed by atoms with Crippen LogP contribution in [0, 0.1) is 5.92 Å². The molecule has 0 bridgehead atoms. The van der Waals surface area contributed by atoms with Crippen LogP contribution in [-0.4, -0.2) is 18.3 Å². The maximum absolute atomic E-state index is 10.0. The predicted molar refractivity (Wildman–Crippen MR) is 72.9 cm³/mol. The van der Waals surface area contributed by atoms with Crippen molar-refractivity contribution in [2.75, 3.05) is 7.11 Å². The van der Waals surface area contributed by atoms with Crippen LogP contribution in [0.25, 0.3) is 0 Å². The highest BCUT2D eigenvalue weighted by molar-refractivity contribution is 5.45. The molecule has 1 aromatic carbocycles. The van der Waals surface area contributed by atoms with Gasteiger partial charge in [0, 0.05) is 18.2 Å². The number of nitrogens with one attached hydrogen (secondary N) is 1. The van der Waals surface area contributed by atoms with Gasteiger partial charge in [0.15, 0.2) is 11.5 Å². The number of aromatic hydroxyl groups is 1. The van der Waals surface area contributed by atoms with Gasteiger partial charge in [-0.25, -0.2) is 0 Å². The van der Waals surface area contributed by atoms with E-state index in [4.69, 9.17) is 4.74 Å². The van der Waals surface area contributed by atoms with Gasteiger partial charge in [-0.05, 0) is 31.7 Å². The Morgan fingerprint density at radius 3 is 2.78 bits per heavy atom. The topological polar surface area (TPSA) is 41.5 Å². The molecule has 3 heteroatoms. The first-order valence-corrected chi connectivity index (χ1v) is 6.80. The van der Waals surface area contributed by atoms with Crippen LogP contribution in [0.5, 0.6) is 11.5 Å². The Kier molecular flexibility index (Phi) is 4.48. The van der Waals surface area contributed by atoms with Crippen LogP contribution >= 0.6 is 0 Å². The minimum absolute atomic E-state index is 0.256. The first-order chi connectivity index (χ1) is 8.72. The molecule has 1 fully saturated rings. The summed E-state index contributed by atoms with van der Waals surface area (Å²) < 4.78 is 5.11. The van der Waals surface area contributed by atoms with Gasteiger partial charge in [0.1, 0.15) is 0 Å². The summed E-state index contributed by atoms with van der Waals surface area (Å²) >= 11 is 0. The van der Waals surface area contributed by atoms with Crippen molar-refractivity contribution in [3.05, 3.63) is 23.8 Å². The van der Waals surface area contributed by atoms with E-state index < -0.39 is 0 Å².